The molecule has 18 heavy (non-hydrogen) atoms. The Kier molecular flexibility index (Phi) is 3.22. The van der Waals surface area contributed by atoms with Crippen molar-refractivity contribution in [3.63, 3.8) is 0 Å². The fraction of sp³-hybridized carbons (Fsp3) is 0.400. The van der Waals surface area contributed by atoms with Gasteiger partial charge in [-0.3, -0.25) is 10.1 Å². The highest BCUT2D eigenvalue weighted by molar-refractivity contribution is 7.89. The molecule has 0 aliphatic heterocycles. The molecular formula is C10H13N3O4S. The first kappa shape index (κ1) is 12.8. The number of hydrogen-bond donors (Lipinski definition) is 2. The lowest BCUT2D eigenvalue weighted by Gasteiger charge is -2.08. The Labute approximate surface area is 104 Å². The van der Waals surface area contributed by atoms with Crippen molar-refractivity contribution in [2.45, 2.75) is 23.8 Å². The molecule has 0 amide bonds. The molecule has 98 valence electrons. The van der Waals surface area contributed by atoms with Crippen LogP contribution in [0.25, 0.3) is 0 Å². The summed E-state index contributed by atoms with van der Waals surface area (Å²) in [6.07, 6.45) is 1.55. The molecule has 0 heterocycles. The Morgan fingerprint density at radius 1 is 1.39 bits per heavy atom. The Morgan fingerprint density at radius 2 is 2.06 bits per heavy atom. The standard InChI is InChI=1S/C10H13N3O4S/c1-11-8-4-5-9(13(14)15)10(6-8)18(16,17)12-7-2-3-7/h4-7,11-12H,2-3H2,1H3. The fourth-order valence-electron chi connectivity index (χ4n) is 1.52. The van der Waals surface area contributed by atoms with Gasteiger partial charge in [0, 0.05) is 24.8 Å². The van der Waals surface area contributed by atoms with E-state index in [2.05, 4.69) is 10.0 Å². The largest absolute Gasteiger partial charge is 0.388 e. The lowest BCUT2D eigenvalue weighted by atomic mass is 10.3. The molecule has 0 radical (unpaired) electrons. The molecule has 2 rings (SSSR count). The van der Waals surface area contributed by atoms with Crippen LogP contribution in [-0.2, 0) is 10.0 Å². The highest BCUT2D eigenvalue weighted by Gasteiger charge is 2.32. The van der Waals surface area contributed by atoms with E-state index >= 15 is 0 Å². The lowest BCUT2D eigenvalue weighted by molar-refractivity contribution is -0.387. The third-order valence-corrected chi connectivity index (χ3v) is 4.18. The molecular weight excluding hydrogens is 258 g/mol. The van der Waals surface area contributed by atoms with Crippen LogP contribution in [0.15, 0.2) is 23.1 Å². The Bertz CT molecular complexity index is 581. The number of nitro groups is 1. The van der Waals surface area contributed by atoms with Crippen LogP contribution in [0, 0.1) is 10.1 Å². The van der Waals surface area contributed by atoms with Gasteiger partial charge in [0.05, 0.1) is 4.92 Å². The topological polar surface area (TPSA) is 101 Å². The van der Waals surface area contributed by atoms with E-state index in [-0.39, 0.29) is 10.9 Å². The van der Waals surface area contributed by atoms with Gasteiger partial charge in [0.15, 0.2) is 4.90 Å². The molecule has 2 N–H and O–H groups in total. The average Bonchev–Trinajstić information content (AvgIpc) is 3.11. The first-order valence-electron chi connectivity index (χ1n) is 5.42. The molecule has 1 aromatic rings. The Hall–Kier alpha value is -1.67. The number of rotatable bonds is 5. The summed E-state index contributed by atoms with van der Waals surface area (Å²) in [6, 6.07) is 3.83. The predicted octanol–water partition coefficient (Wildman–Crippen LogP) is 1.08. The van der Waals surface area contributed by atoms with Gasteiger partial charge in [-0.05, 0) is 25.0 Å². The minimum absolute atomic E-state index is 0.0900. The van der Waals surface area contributed by atoms with Gasteiger partial charge in [-0.1, -0.05) is 0 Å². The summed E-state index contributed by atoms with van der Waals surface area (Å²) in [5.41, 5.74) is 0.0962. The van der Waals surface area contributed by atoms with Crippen molar-refractivity contribution < 1.29 is 13.3 Å². The van der Waals surface area contributed by atoms with Crippen LogP contribution in [0.4, 0.5) is 11.4 Å². The molecule has 8 heteroatoms. The van der Waals surface area contributed by atoms with E-state index in [9.17, 15) is 18.5 Å². The maximum atomic E-state index is 12.0. The van der Waals surface area contributed by atoms with Crippen molar-refractivity contribution in [2.75, 3.05) is 12.4 Å². The second-order valence-corrected chi connectivity index (χ2v) is 5.77. The zero-order valence-electron chi connectivity index (χ0n) is 9.71. The van der Waals surface area contributed by atoms with Crippen LogP contribution in [0.1, 0.15) is 12.8 Å². The molecule has 1 saturated carbocycles. The molecule has 1 aliphatic carbocycles. The third kappa shape index (κ3) is 2.59. The van der Waals surface area contributed by atoms with E-state index in [0.717, 1.165) is 12.8 Å². The second kappa shape index (κ2) is 4.54. The molecule has 1 aromatic carbocycles. The van der Waals surface area contributed by atoms with Crippen molar-refractivity contribution in [2.24, 2.45) is 0 Å². The van der Waals surface area contributed by atoms with E-state index in [1.165, 1.54) is 18.2 Å². The normalized spacial score (nSPS) is 15.4. The smallest absolute Gasteiger partial charge is 0.289 e. The van der Waals surface area contributed by atoms with E-state index in [0.29, 0.717) is 5.69 Å². The van der Waals surface area contributed by atoms with Crippen molar-refractivity contribution in [3.8, 4) is 0 Å². The summed E-state index contributed by atoms with van der Waals surface area (Å²) >= 11 is 0. The monoisotopic (exact) mass is 271 g/mol. The van der Waals surface area contributed by atoms with Gasteiger partial charge >= 0.3 is 0 Å². The average molecular weight is 271 g/mol. The number of sulfonamides is 1. The minimum Gasteiger partial charge on any atom is -0.388 e. The minimum atomic E-state index is -3.84. The molecule has 7 nitrogen and oxygen atoms in total. The highest BCUT2D eigenvalue weighted by atomic mass is 32.2. The van der Waals surface area contributed by atoms with E-state index in [4.69, 9.17) is 0 Å². The lowest BCUT2D eigenvalue weighted by Crippen LogP contribution is -2.26. The van der Waals surface area contributed by atoms with Crippen molar-refractivity contribution in [1.29, 1.82) is 0 Å². The Morgan fingerprint density at radius 3 is 2.56 bits per heavy atom. The quantitative estimate of drug-likeness (QED) is 0.616. The van der Waals surface area contributed by atoms with Crippen LogP contribution >= 0.6 is 0 Å². The van der Waals surface area contributed by atoms with Crippen LogP contribution < -0.4 is 10.0 Å². The summed E-state index contributed by atoms with van der Waals surface area (Å²) in [7, 11) is -2.22. The highest BCUT2D eigenvalue weighted by Crippen LogP contribution is 2.29. The van der Waals surface area contributed by atoms with Gasteiger partial charge in [-0.2, -0.15) is 0 Å². The van der Waals surface area contributed by atoms with Crippen LogP contribution in [0.5, 0.6) is 0 Å². The molecule has 1 aliphatic rings. The van der Waals surface area contributed by atoms with Gasteiger partial charge in [0.25, 0.3) is 5.69 Å². The molecule has 0 spiro atoms. The van der Waals surface area contributed by atoms with Crippen molar-refractivity contribution in [1.82, 2.24) is 4.72 Å². The molecule has 0 bridgehead atoms. The van der Waals surface area contributed by atoms with Gasteiger partial charge in [-0.25, -0.2) is 13.1 Å². The number of nitrogens with one attached hydrogen (secondary N) is 2. The van der Waals surface area contributed by atoms with E-state index in [1.54, 1.807) is 7.05 Å². The third-order valence-electron chi connectivity index (χ3n) is 2.63. The van der Waals surface area contributed by atoms with E-state index in [1.807, 2.05) is 0 Å². The molecule has 1 fully saturated rings. The number of anilines is 1. The van der Waals surface area contributed by atoms with Gasteiger partial charge < -0.3 is 5.32 Å². The molecule has 0 atom stereocenters. The van der Waals surface area contributed by atoms with Gasteiger partial charge in [0.1, 0.15) is 0 Å². The number of nitro benzene ring substituents is 1. The van der Waals surface area contributed by atoms with Crippen molar-refractivity contribution >= 4 is 21.4 Å². The zero-order valence-corrected chi connectivity index (χ0v) is 10.5. The number of hydrogen-bond acceptors (Lipinski definition) is 5. The fourth-order valence-corrected chi connectivity index (χ4v) is 3.02. The summed E-state index contributed by atoms with van der Waals surface area (Å²) < 4.78 is 26.5. The maximum Gasteiger partial charge on any atom is 0.289 e. The van der Waals surface area contributed by atoms with Crippen molar-refractivity contribution in [3.05, 3.63) is 28.3 Å². The molecule has 0 aromatic heterocycles. The maximum absolute atomic E-state index is 12.0. The van der Waals surface area contributed by atoms with Gasteiger partial charge in [-0.15, -0.1) is 0 Å². The number of nitrogens with zero attached hydrogens (tertiary/aromatic N) is 1. The summed E-state index contributed by atoms with van der Waals surface area (Å²) in [6.45, 7) is 0. The van der Waals surface area contributed by atoms with Crippen LogP contribution in [-0.4, -0.2) is 26.4 Å². The summed E-state index contributed by atoms with van der Waals surface area (Å²) in [4.78, 5) is 9.87. The SMILES string of the molecule is CNc1ccc([N+](=O)[O-])c(S(=O)(=O)NC2CC2)c1. The molecule has 0 saturated heterocycles. The summed E-state index contributed by atoms with van der Waals surface area (Å²) in [5.74, 6) is 0. The molecule has 0 unspecified atom stereocenters. The number of benzene rings is 1. The second-order valence-electron chi connectivity index (χ2n) is 4.09. The van der Waals surface area contributed by atoms with Crippen LogP contribution in [0.3, 0.4) is 0 Å². The Balaban J connectivity index is 2.48. The summed E-state index contributed by atoms with van der Waals surface area (Å²) in [5, 5.41) is 13.6. The van der Waals surface area contributed by atoms with Gasteiger partial charge in [0.2, 0.25) is 10.0 Å². The predicted molar refractivity (Wildman–Crippen MR) is 66.0 cm³/mol. The van der Waals surface area contributed by atoms with Crippen LogP contribution in [0.2, 0.25) is 0 Å². The first-order chi connectivity index (χ1) is 8.44. The first-order valence-corrected chi connectivity index (χ1v) is 6.91. The zero-order chi connectivity index (χ0) is 13.3. The van der Waals surface area contributed by atoms with E-state index < -0.39 is 20.6 Å².